The molecule has 0 fully saturated rings. The normalized spacial score (nSPS) is 16.1. The summed E-state index contributed by atoms with van der Waals surface area (Å²) < 4.78 is 2.93. The molecule has 1 N–H and O–H groups in total. The number of thiazole rings is 1. The predicted molar refractivity (Wildman–Crippen MR) is 117 cm³/mol. The molecule has 29 heavy (non-hydrogen) atoms. The van der Waals surface area contributed by atoms with E-state index >= 15 is 0 Å². The number of amides is 1. The van der Waals surface area contributed by atoms with Gasteiger partial charge in [-0.15, -0.1) is 0 Å². The van der Waals surface area contributed by atoms with Gasteiger partial charge in [-0.3, -0.25) is 4.79 Å². The van der Waals surface area contributed by atoms with E-state index in [-0.39, 0.29) is 11.8 Å². The van der Waals surface area contributed by atoms with Crippen molar-refractivity contribution in [3.63, 3.8) is 0 Å². The number of fused-ring (bicyclic) bond motifs is 2. The maximum Gasteiger partial charge on any atom is 0.226 e. The minimum atomic E-state index is 0.00372. The van der Waals surface area contributed by atoms with E-state index in [4.69, 9.17) is 10.1 Å². The summed E-state index contributed by atoms with van der Waals surface area (Å²) in [7, 11) is 0. The Kier molecular flexibility index (Phi) is 4.06. The van der Waals surface area contributed by atoms with Gasteiger partial charge < -0.3 is 5.32 Å². The van der Waals surface area contributed by atoms with Crippen LogP contribution in [0.5, 0.6) is 0 Å². The number of aryl methyl sites for hydroxylation is 4. The lowest BCUT2D eigenvalue weighted by atomic mass is 9.83. The van der Waals surface area contributed by atoms with E-state index in [0.29, 0.717) is 6.42 Å². The fraction of sp³-hybridized carbons (Fsp3) is 0.261. The van der Waals surface area contributed by atoms with Crippen molar-refractivity contribution in [2.45, 2.75) is 40.0 Å². The third-order valence-electron chi connectivity index (χ3n) is 5.63. The molecule has 146 valence electrons. The lowest BCUT2D eigenvalue weighted by Crippen LogP contribution is -2.25. The molecule has 1 amide bonds. The molecule has 5 rings (SSSR count). The lowest BCUT2D eigenvalue weighted by Gasteiger charge is -2.25. The molecule has 6 heteroatoms. The van der Waals surface area contributed by atoms with Crippen molar-refractivity contribution in [2.24, 2.45) is 0 Å². The number of carbonyl (C=O) groups excluding carboxylic acids is 1. The monoisotopic (exact) mass is 402 g/mol. The average molecular weight is 403 g/mol. The molecule has 1 aliphatic heterocycles. The van der Waals surface area contributed by atoms with Crippen LogP contribution in [0.2, 0.25) is 0 Å². The number of nitrogens with zero attached hydrogens (tertiary/aromatic N) is 3. The number of benzene rings is 2. The fourth-order valence-electron chi connectivity index (χ4n) is 4.20. The summed E-state index contributed by atoms with van der Waals surface area (Å²) in [5, 5.41) is 8.63. The van der Waals surface area contributed by atoms with Gasteiger partial charge in [0.25, 0.3) is 0 Å². The largest absolute Gasteiger partial charge is 0.310 e. The maximum absolute atomic E-state index is 12.6. The highest BCUT2D eigenvalue weighted by atomic mass is 32.1. The van der Waals surface area contributed by atoms with Crippen LogP contribution in [0.25, 0.3) is 15.3 Å². The lowest BCUT2D eigenvalue weighted by molar-refractivity contribution is -0.116. The zero-order valence-electron chi connectivity index (χ0n) is 16.9. The summed E-state index contributed by atoms with van der Waals surface area (Å²) >= 11 is 1.59. The van der Waals surface area contributed by atoms with Crippen LogP contribution in [0.15, 0.2) is 36.4 Å². The van der Waals surface area contributed by atoms with Crippen LogP contribution in [0.3, 0.4) is 0 Å². The molecule has 0 unspecified atom stereocenters. The van der Waals surface area contributed by atoms with Crippen molar-refractivity contribution < 1.29 is 4.79 Å². The van der Waals surface area contributed by atoms with Gasteiger partial charge in [0.15, 0.2) is 0 Å². The van der Waals surface area contributed by atoms with Crippen LogP contribution in [0, 0.1) is 27.7 Å². The van der Waals surface area contributed by atoms with Crippen LogP contribution in [-0.4, -0.2) is 20.7 Å². The third-order valence-corrected chi connectivity index (χ3v) is 6.62. The molecule has 0 spiro atoms. The summed E-state index contributed by atoms with van der Waals surface area (Å²) in [5.41, 5.74) is 7.77. The van der Waals surface area contributed by atoms with E-state index in [2.05, 4.69) is 56.4 Å². The Bertz CT molecular complexity index is 1280. The molecule has 2 aromatic heterocycles. The van der Waals surface area contributed by atoms with Gasteiger partial charge in [-0.2, -0.15) is 9.78 Å². The van der Waals surface area contributed by atoms with E-state index in [1.807, 2.05) is 13.0 Å². The first-order chi connectivity index (χ1) is 13.9. The molecular weight excluding hydrogens is 380 g/mol. The van der Waals surface area contributed by atoms with E-state index in [9.17, 15) is 4.79 Å². The zero-order valence-corrected chi connectivity index (χ0v) is 17.7. The number of hydrogen-bond donors (Lipinski definition) is 1. The van der Waals surface area contributed by atoms with Crippen molar-refractivity contribution in [1.82, 2.24) is 14.8 Å². The minimum Gasteiger partial charge on any atom is -0.310 e. The second kappa shape index (κ2) is 6.52. The summed E-state index contributed by atoms with van der Waals surface area (Å²) in [6.45, 7) is 8.29. The van der Waals surface area contributed by atoms with Crippen LogP contribution in [0.1, 0.15) is 45.8 Å². The molecule has 4 aromatic rings. The highest BCUT2D eigenvalue weighted by Gasteiger charge is 2.34. The van der Waals surface area contributed by atoms with Crippen molar-refractivity contribution in [3.8, 4) is 5.13 Å². The van der Waals surface area contributed by atoms with Crippen LogP contribution < -0.4 is 5.32 Å². The first-order valence-electron chi connectivity index (χ1n) is 9.75. The number of nitrogens with one attached hydrogen (secondary N) is 1. The summed E-state index contributed by atoms with van der Waals surface area (Å²) in [6, 6.07) is 12.7. The van der Waals surface area contributed by atoms with Gasteiger partial charge in [0.1, 0.15) is 5.82 Å². The van der Waals surface area contributed by atoms with E-state index in [0.717, 1.165) is 32.4 Å². The summed E-state index contributed by atoms with van der Waals surface area (Å²) in [6.07, 6.45) is 0.433. The zero-order chi connectivity index (χ0) is 20.3. The van der Waals surface area contributed by atoms with Crippen molar-refractivity contribution in [3.05, 3.63) is 69.9 Å². The average Bonchev–Trinajstić information content (AvgIpc) is 3.23. The Labute approximate surface area is 173 Å². The minimum absolute atomic E-state index is 0.00372. The SMILES string of the molecule is Cc1ccc(C)c([C@H]2CC(=O)Nc3c2c(C)nn3-c2nc3ccc(C)cc3s2)c1. The second-order valence-electron chi connectivity index (χ2n) is 7.89. The highest BCUT2D eigenvalue weighted by Crippen LogP contribution is 2.42. The third kappa shape index (κ3) is 2.95. The Morgan fingerprint density at radius 3 is 2.66 bits per heavy atom. The smallest absolute Gasteiger partial charge is 0.226 e. The molecule has 3 heterocycles. The van der Waals surface area contributed by atoms with Crippen molar-refractivity contribution in [2.75, 3.05) is 5.32 Å². The molecule has 0 bridgehead atoms. The van der Waals surface area contributed by atoms with Crippen molar-refractivity contribution >= 4 is 33.3 Å². The molecular formula is C23H22N4OS. The van der Waals surface area contributed by atoms with Crippen molar-refractivity contribution in [1.29, 1.82) is 0 Å². The predicted octanol–water partition coefficient (Wildman–Crippen LogP) is 5.19. The fourth-order valence-corrected chi connectivity index (χ4v) is 5.22. The van der Waals surface area contributed by atoms with Gasteiger partial charge in [-0.05, 0) is 56.5 Å². The van der Waals surface area contributed by atoms with Gasteiger partial charge in [0.05, 0.1) is 15.9 Å². The number of hydrogen-bond acceptors (Lipinski definition) is 4. The highest BCUT2D eigenvalue weighted by molar-refractivity contribution is 7.20. The standard InChI is InChI=1S/C23H22N4OS/c1-12-5-7-14(3)16(9-12)17-11-20(28)25-22-21(17)15(4)26-27(22)23-24-18-8-6-13(2)10-19(18)29-23/h5-10,17H,11H2,1-4H3,(H,25,28)/t17-/m1/s1. The molecule has 0 saturated heterocycles. The summed E-state index contributed by atoms with van der Waals surface area (Å²) in [5.74, 6) is 0.769. The molecule has 0 saturated carbocycles. The van der Waals surface area contributed by atoms with E-state index in [1.165, 1.54) is 22.3 Å². The van der Waals surface area contributed by atoms with Gasteiger partial charge >= 0.3 is 0 Å². The molecule has 0 radical (unpaired) electrons. The Hall–Kier alpha value is -2.99. The molecule has 1 atom stereocenters. The molecule has 5 nitrogen and oxygen atoms in total. The molecule has 1 aliphatic rings. The molecule has 0 aliphatic carbocycles. The van der Waals surface area contributed by atoms with Crippen LogP contribution >= 0.6 is 11.3 Å². The first-order valence-corrected chi connectivity index (χ1v) is 10.6. The molecule has 2 aromatic carbocycles. The number of anilines is 1. The Morgan fingerprint density at radius 1 is 1.07 bits per heavy atom. The second-order valence-corrected chi connectivity index (χ2v) is 8.90. The first kappa shape index (κ1) is 18.1. The number of aromatic nitrogens is 3. The number of rotatable bonds is 2. The van der Waals surface area contributed by atoms with Crippen LogP contribution in [-0.2, 0) is 4.79 Å². The topological polar surface area (TPSA) is 59.8 Å². The number of carbonyl (C=O) groups is 1. The Morgan fingerprint density at radius 2 is 1.83 bits per heavy atom. The summed E-state index contributed by atoms with van der Waals surface area (Å²) in [4.78, 5) is 17.4. The van der Waals surface area contributed by atoms with Crippen LogP contribution in [0.4, 0.5) is 5.82 Å². The van der Waals surface area contributed by atoms with Gasteiger partial charge in [-0.1, -0.05) is 41.2 Å². The van der Waals surface area contributed by atoms with E-state index in [1.54, 1.807) is 16.0 Å². The van der Waals surface area contributed by atoms with Gasteiger partial charge in [0.2, 0.25) is 11.0 Å². The van der Waals surface area contributed by atoms with E-state index < -0.39 is 0 Å². The van der Waals surface area contributed by atoms with Gasteiger partial charge in [-0.25, -0.2) is 4.98 Å². The quantitative estimate of drug-likeness (QED) is 0.502. The maximum atomic E-state index is 12.6. The Balaban J connectivity index is 1.69. The van der Waals surface area contributed by atoms with Gasteiger partial charge in [0, 0.05) is 17.9 Å².